The molecule has 4 nitrogen and oxygen atoms in total. The van der Waals surface area contributed by atoms with Crippen LogP contribution < -0.4 is 0 Å². The highest BCUT2D eigenvalue weighted by Gasteiger charge is 2.09. The Morgan fingerprint density at radius 2 is 2.15 bits per heavy atom. The Morgan fingerprint density at radius 1 is 1.40 bits per heavy atom. The van der Waals surface area contributed by atoms with E-state index in [4.69, 9.17) is 9.84 Å². The summed E-state index contributed by atoms with van der Waals surface area (Å²) in [5.41, 5.74) is 1.96. The minimum Gasteiger partial charge on any atom is -0.478 e. The maximum Gasteiger partial charge on any atom is 0.328 e. The molecule has 0 aliphatic rings. The maximum atomic E-state index is 10.6. The molecule has 1 aromatic heterocycles. The maximum absolute atomic E-state index is 10.6. The standard InChI is InChI=1S/C15H15NO3S/c1-19-10-12-13(7-8-15(17)18)20-14(16-12)9-11-5-3-2-4-6-11/h2-8H,9-10H2,1H3,(H,17,18)/b8-7+. The van der Waals surface area contributed by atoms with Crippen LogP contribution in [0.25, 0.3) is 6.08 Å². The summed E-state index contributed by atoms with van der Waals surface area (Å²) in [6.45, 7) is 0.380. The molecule has 0 saturated heterocycles. The first-order valence-corrected chi connectivity index (χ1v) is 6.93. The third-order valence-electron chi connectivity index (χ3n) is 2.63. The predicted molar refractivity (Wildman–Crippen MR) is 78.7 cm³/mol. The number of carbonyl (C=O) groups is 1. The number of nitrogens with zero attached hydrogens (tertiary/aromatic N) is 1. The number of methoxy groups -OCH3 is 1. The van der Waals surface area contributed by atoms with E-state index in [1.165, 1.54) is 16.9 Å². The Kier molecular flexibility index (Phi) is 5.03. The van der Waals surface area contributed by atoms with E-state index in [0.29, 0.717) is 6.61 Å². The van der Waals surface area contributed by atoms with E-state index in [-0.39, 0.29) is 0 Å². The summed E-state index contributed by atoms with van der Waals surface area (Å²) in [5, 5.41) is 9.66. The molecule has 0 unspecified atom stereocenters. The molecule has 5 heteroatoms. The zero-order valence-corrected chi connectivity index (χ0v) is 11.9. The van der Waals surface area contributed by atoms with E-state index in [0.717, 1.165) is 28.1 Å². The van der Waals surface area contributed by atoms with Crippen LogP contribution in [0, 0.1) is 0 Å². The number of carboxylic acids is 1. The van der Waals surface area contributed by atoms with Gasteiger partial charge in [0.2, 0.25) is 0 Å². The summed E-state index contributed by atoms with van der Waals surface area (Å²) in [4.78, 5) is 16.0. The summed E-state index contributed by atoms with van der Waals surface area (Å²) < 4.78 is 5.10. The first-order chi connectivity index (χ1) is 9.69. The number of ether oxygens (including phenoxy) is 1. The van der Waals surface area contributed by atoms with Gasteiger partial charge in [-0.3, -0.25) is 0 Å². The molecule has 2 aromatic rings. The van der Waals surface area contributed by atoms with Crippen molar-refractivity contribution in [3.63, 3.8) is 0 Å². The minimum atomic E-state index is -0.966. The third kappa shape index (κ3) is 4.01. The van der Waals surface area contributed by atoms with Crippen molar-refractivity contribution in [2.45, 2.75) is 13.0 Å². The Hall–Kier alpha value is -1.98. The summed E-state index contributed by atoms with van der Waals surface area (Å²) in [5.74, 6) is -0.966. The fourth-order valence-electron chi connectivity index (χ4n) is 1.78. The highest BCUT2D eigenvalue weighted by atomic mass is 32.1. The summed E-state index contributed by atoms with van der Waals surface area (Å²) in [6, 6.07) is 10.0. The van der Waals surface area contributed by atoms with Crippen LogP contribution in [0.1, 0.15) is 21.1 Å². The molecule has 1 heterocycles. The van der Waals surface area contributed by atoms with Gasteiger partial charge in [0.1, 0.15) is 0 Å². The molecule has 1 aromatic carbocycles. The number of aliphatic carboxylic acids is 1. The lowest BCUT2D eigenvalue weighted by Crippen LogP contribution is -1.92. The molecule has 0 bridgehead atoms. The second kappa shape index (κ2) is 6.98. The van der Waals surface area contributed by atoms with Crippen molar-refractivity contribution in [1.82, 2.24) is 4.98 Å². The smallest absolute Gasteiger partial charge is 0.328 e. The third-order valence-corrected chi connectivity index (χ3v) is 3.69. The minimum absolute atomic E-state index is 0.380. The lowest BCUT2D eigenvalue weighted by molar-refractivity contribution is -0.131. The van der Waals surface area contributed by atoms with Crippen LogP contribution in [-0.2, 0) is 22.6 Å². The van der Waals surface area contributed by atoms with Gasteiger partial charge >= 0.3 is 5.97 Å². The van der Waals surface area contributed by atoms with Gasteiger partial charge in [0.25, 0.3) is 0 Å². The van der Waals surface area contributed by atoms with Gasteiger partial charge in [-0.15, -0.1) is 11.3 Å². The summed E-state index contributed by atoms with van der Waals surface area (Å²) >= 11 is 1.50. The molecule has 0 atom stereocenters. The summed E-state index contributed by atoms with van der Waals surface area (Å²) in [7, 11) is 1.60. The van der Waals surface area contributed by atoms with E-state index in [1.54, 1.807) is 13.2 Å². The molecule has 0 fully saturated rings. The number of benzene rings is 1. The number of hydrogen-bond acceptors (Lipinski definition) is 4. The fraction of sp³-hybridized carbons (Fsp3) is 0.200. The quantitative estimate of drug-likeness (QED) is 0.831. The van der Waals surface area contributed by atoms with Crippen LogP contribution in [0.4, 0.5) is 0 Å². The number of hydrogen-bond donors (Lipinski definition) is 1. The SMILES string of the molecule is COCc1nc(Cc2ccccc2)sc1/C=C/C(=O)O. The first kappa shape index (κ1) is 14.4. The van der Waals surface area contributed by atoms with Crippen molar-refractivity contribution in [1.29, 1.82) is 0 Å². The van der Waals surface area contributed by atoms with E-state index in [1.807, 2.05) is 30.3 Å². The van der Waals surface area contributed by atoms with Gasteiger partial charge in [-0.2, -0.15) is 0 Å². The molecule has 0 saturated carbocycles. The van der Waals surface area contributed by atoms with Crippen molar-refractivity contribution in [2.24, 2.45) is 0 Å². The zero-order chi connectivity index (χ0) is 14.4. The summed E-state index contributed by atoms with van der Waals surface area (Å²) in [6.07, 6.45) is 3.44. The van der Waals surface area contributed by atoms with E-state index in [2.05, 4.69) is 4.98 Å². The lowest BCUT2D eigenvalue weighted by atomic mass is 10.2. The second-order valence-electron chi connectivity index (χ2n) is 4.19. The highest BCUT2D eigenvalue weighted by molar-refractivity contribution is 7.12. The highest BCUT2D eigenvalue weighted by Crippen LogP contribution is 2.23. The van der Waals surface area contributed by atoms with Gasteiger partial charge in [-0.1, -0.05) is 30.3 Å². The number of aromatic nitrogens is 1. The van der Waals surface area contributed by atoms with Gasteiger partial charge in [0, 0.05) is 19.6 Å². The fourth-order valence-corrected chi connectivity index (χ4v) is 2.78. The van der Waals surface area contributed by atoms with Crippen LogP contribution in [0.15, 0.2) is 36.4 Å². The van der Waals surface area contributed by atoms with Crippen molar-refractivity contribution < 1.29 is 14.6 Å². The van der Waals surface area contributed by atoms with Gasteiger partial charge in [-0.05, 0) is 11.6 Å². The van der Waals surface area contributed by atoms with E-state index >= 15 is 0 Å². The van der Waals surface area contributed by atoms with Crippen LogP contribution in [0.3, 0.4) is 0 Å². The average molecular weight is 289 g/mol. The molecule has 1 N–H and O–H groups in total. The second-order valence-corrected chi connectivity index (χ2v) is 5.30. The molecule has 104 valence electrons. The molecule has 0 amide bonds. The predicted octanol–water partition coefficient (Wildman–Crippen LogP) is 2.98. The van der Waals surface area contributed by atoms with Crippen molar-refractivity contribution in [3.05, 3.63) is 57.6 Å². The zero-order valence-electron chi connectivity index (χ0n) is 11.1. The van der Waals surface area contributed by atoms with Crippen molar-refractivity contribution in [2.75, 3.05) is 7.11 Å². The number of rotatable bonds is 6. The van der Waals surface area contributed by atoms with Crippen molar-refractivity contribution in [3.8, 4) is 0 Å². The largest absolute Gasteiger partial charge is 0.478 e. The van der Waals surface area contributed by atoms with Crippen LogP contribution in [0.5, 0.6) is 0 Å². The van der Waals surface area contributed by atoms with Gasteiger partial charge < -0.3 is 9.84 Å². The Bertz CT molecular complexity index is 605. The monoisotopic (exact) mass is 289 g/mol. The molecule has 0 aliphatic heterocycles. The van der Waals surface area contributed by atoms with Gasteiger partial charge in [0.15, 0.2) is 0 Å². The molecular weight excluding hydrogens is 274 g/mol. The molecule has 0 spiro atoms. The lowest BCUT2D eigenvalue weighted by Gasteiger charge is -1.96. The Balaban J connectivity index is 2.22. The topological polar surface area (TPSA) is 59.4 Å². The molecule has 2 rings (SSSR count). The van der Waals surface area contributed by atoms with Crippen LogP contribution >= 0.6 is 11.3 Å². The first-order valence-electron chi connectivity index (χ1n) is 6.11. The van der Waals surface area contributed by atoms with E-state index < -0.39 is 5.97 Å². The number of carboxylic acid groups (broad SMARTS) is 1. The molecule has 0 aliphatic carbocycles. The van der Waals surface area contributed by atoms with Crippen LogP contribution in [-0.4, -0.2) is 23.2 Å². The molecule has 0 radical (unpaired) electrons. The van der Waals surface area contributed by atoms with Crippen molar-refractivity contribution >= 4 is 23.4 Å². The van der Waals surface area contributed by atoms with Gasteiger partial charge in [-0.25, -0.2) is 9.78 Å². The Morgan fingerprint density at radius 3 is 2.80 bits per heavy atom. The molecule has 20 heavy (non-hydrogen) atoms. The Labute approximate surface area is 121 Å². The number of thiazole rings is 1. The van der Waals surface area contributed by atoms with Gasteiger partial charge in [0.05, 0.1) is 22.2 Å². The normalized spacial score (nSPS) is 11.1. The average Bonchev–Trinajstić information content (AvgIpc) is 2.80. The van der Waals surface area contributed by atoms with Crippen LogP contribution in [0.2, 0.25) is 0 Å². The molecular formula is C15H15NO3S. The van der Waals surface area contributed by atoms with E-state index in [9.17, 15) is 4.79 Å².